The molecule has 0 amide bonds. The van der Waals surface area contributed by atoms with Crippen molar-refractivity contribution in [3.8, 4) is 17.2 Å². The van der Waals surface area contributed by atoms with E-state index in [1.807, 2.05) is 6.07 Å². The normalized spacial score (nSPS) is 19.5. The van der Waals surface area contributed by atoms with E-state index < -0.39 is 0 Å². The molecule has 0 radical (unpaired) electrons. The molecule has 18 heavy (non-hydrogen) atoms. The molecule has 0 saturated heterocycles. The zero-order valence-corrected chi connectivity index (χ0v) is 11.0. The van der Waals surface area contributed by atoms with Crippen LogP contribution in [0.2, 0.25) is 5.02 Å². The van der Waals surface area contributed by atoms with Crippen LogP contribution in [-0.4, -0.2) is 25.9 Å². The van der Waals surface area contributed by atoms with Gasteiger partial charge in [-0.3, -0.25) is 0 Å². The predicted molar refractivity (Wildman–Crippen MR) is 68.9 cm³/mol. The van der Waals surface area contributed by atoms with Crippen LogP contribution >= 0.6 is 11.6 Å². The van der Waals surface area contributed by atoms with Crippen molar-refractivity contribution in [2.45, 2.75) is 24.8 Å². The molecule has 3 rings (SSSR count). The molecule has 0 unspecified atom stereocenters. The number of hydrogen-bond acceptors (Lipinski definition) is 4. The van der Waals surface area contributed by atoms with Crippen molar-refractivity contribution in [3.05, 3.63) is 16.7 Å². The summed E-state index contributed by atoms with van der Waals surface area (Å²) < 4.78 is 16.5. The third-order valence-corrected chi connectivity index (χ3v) is 3.79. The Morgan fingerprint density at radius 2 is 2.11 bits per heavy atom. The number of hydrogen-bond donors (Lipinski definition) is 1. The number of benzene rings is 1. The summed E-state index contributed by atoms with van der Waals surface area (Å²) in [7, 11) is 1.61. The summed E-state index contributed by atoms with van der Waals surface area (Å²) >= 11 is 6.31. The van der Waals surface area contributed by atoms with Crippen LogP contribution in [0.25, 0.3) is 0 Å². The molecular formula is C13H16ClNO3. The van der Waals surface area contributed by atoms with Crippen LogP contribution in [-0.2, 0) is 6.42 Å². The first-order valence-electron chi connectivity index (χ1n) is 6.07. The molecule has 1 aliphatic heterocycles. The molecule has 1 aromatic rings. The lowest BCUT2D eigenvalue weighted by Gasteiger charge is -2.23. The van der Waals surface area contributed by atoms with Gasteiger partial charge in [-0.2, -0.15) is 0 Å². The Kier molecular flexibility index (Phi) is 2.79. The molecule has 2 aliphatic rings. The topological polar surface area (TPSA) is 53.7 Å². The van der Waals surface area contributed by atoms with E-state index in [4.69, 9.17) is 31.5 Å². The molecular weight excluding hydrogens is 254 g/mol. The Labute approximate surface area is 111 Å². The predicted octanol–water partition coefficient (Wildman–Crippen LogP) is 2.15. The number of fused-ring (bicyclic) bond motifs is 1. The average Bonchev–Trinajstić information content (AvgIpc) is 3.07. The van der Waals surface area contributed by atoms with Gasteiger partial charge in [-0.05, 0) is 25.3 Å². The highest BCUT2D eigenvalue weighted by atomic mass is 35.5. The number of rotatable bonds is 3. The Hall–Kier alpha value is -1.13. The Morgan fingerprint density at radius 1 is 1.39 bits per heavy atom. The van der Waals surface area contributed by atoms with Crippen LogP contribution in [0.3, 0.4) is 0 Å². The molecule has 98 valence electrons. The third kappa shape index (κ3) is 1.99. The lowest BCUT2D eigenvalue weighted by molar-refractivity contribution is 0.170. The highest BCUT2D eigenvalue weighted by Crippen LogP contribution is 2.48. The maximum absolute atomic E-state index is 6.31. The van der Waals surface area contributed by atoms with Gasteiger partial charge in [-0.15, -0.1) is 0 Å². The summed E-state index contributed by atoms with van der Waals surface area (Å²) in [5.41, 5.74) is 7.05. The van der Waals surface area contributed by atoms with Crippen molar-refractivity contribution >= 4 is 11.6 Å². The second-order valence-corrected chi connectivity index (χ2v) is 5.32. The summed E-state index contributed by atoms with van der Waals surface area (Å²) in [6.45, 7) is 1.05. The molecule has 2 N–H and O–H groups in total. The SMILES string of the molecule is COc1c(CC2(N)CC2)cc2c(c1Cl)OCCO2. The lowest BCUT2D eigenvalue weighted by atomic mass is 10.0. The summed E-state index contributed by atoms with van der Waals surface area (Å²) in [5, 5.41) is 0.481. The Morgan fingerprint density at radius 3 is 2.78 bits per heavy atom. The van der Waals surface area contributed by atoms with Crippen molar-refractivity contribution in [2.75, 3.05) is 20.3 Å². The smallest absolute Gasteiger partial charge is 0.183 e. The van der Waals surface area contributed by atoms with Crippen LogP contribution < -0.4 is 19.9 Å². The zero-order chi connectivity index (χ0) is 12.8. The van der Waals surface area contributed by atoms with E-state index in [9.17, 15) is 0 Å². The second kappa shape index (κ2) is 4.21. The fourth-order valence-corrected chi connectivity index (χ4v) is 2.59. The van der Waals surface area contributed by atoms with Gasteiger partial charge in [-0.1, -0.05) is 11.6 Å². The monoisotopic (exact) mass is 269 g/mol. The standard InChI is InChI=1S/C13H16ClNO3/c1-16-11-8(7-13(15)2-3-13)6-9-12(10(11)14)18-5-4-17-9/h6H,2-5,7,15H2,1H3. The Balaban J connectivity index is 2.03. The molecule has 4 nitrogen and oxygen atoms in total. The minimum absolute atomic E-state index is 0.0969. The van der Waals surface area contributed by atoms with E-state index in [-0.39, 0.29) is 5.54 Å². The quantitative estimate of drug-likeness (QED) is 0.914. The van der Waals surface area contributed by atoms with Crippen molar-refractivity contribution in [2.24, 2.45) is 5.73 Å². The van der Waals surface area contributed by atoms with Crippen LogP contribution in [0.1, 0.15) is 18.4 Å². The van der Waals surface area contributed by atoms with Crippen molar-refractivity contribution in [3.63, 3.8) is 0 Å². The van der Waals surface area contributed by atoms with E-state index in [2.05, 4.69) is 0 Å². The summed E-state index contributed by atoms with van der Waals surface area (Å²) in [6.07, 6.45) is 2.84. The fourth-order valence-electron chi connectivity index (χ4n) is 2.25. The first-order chi connectivity index (χ1) is 8.63. The molecule has 0 spiro atoms. The average molecular weight is 270 g/mol. The van der Waals surface area contributed by atoms with Gasteiger partial charge in [0.05, 0.1) is 7.11 Å². The molecule has 0 bridgehead atoms. The zero-order valence-electron chi connectivity index (χ0n) is 10.3. The highest BCUT2D eigenvalue weighted by molar-refractivity contribution is 6.34. The van der Waals surface area contributed by atoms with E-state index in [1.165, 1.54) is 0 Å². The highest BCUT2D eigenvalue weighted by Gasteiger charge is 2.39. The van der Waals surface area contributed by atoms with Gasteiger partial charge >= 0.3 is 0 Å². The number of methoxy groups -OCH3 is 1. The van der Waals surface area contributed by atoms with E-state index in [1.54, 1.807) is 7.11 Å². The van der Waals surface area contributed by atoms with Gasteiger partial charge in [-0.25, -0.2) is 0 Å². The fraction of sp³-hybridized carbons (Fsp3) is 0.538. The van der Waals surface area contributed by atoms with Crippen LogP contribution in [0.5, 0.6) is 17.2 Å². The Bertz CT molecular complexity index is 486. The van der Waals surface area contributed by atoms with Crippen molar-refractivity contribution in [1.29, 1.82) is 0 Å². The maximum atomic E-state index is 6.31. The molecule has 5 heteroatoms. The molecule has 1 aromatic carbocycles. The van der Waals surface area contributed by atoms with Crippen molar-refractivity contribution in [1.82, 2.24) is 0 Å². The van der Waals surface area contributed by atoms with Gasteiger partial charge < -0.3 is 19.9 Å². The lowest BCUT2D eigenvalue weighted by Crippen LogP contribution is -2.25. The molecule has 1 saturated carbocycles. The second-order valence-electron chi connectivity index (χ2n) is 4.95. The van der Waals surface area contributed by atoms with Crippen LogP contribution in [0.4, 0.5) is 0 Å². The van der Waals surface area contributed by atoms with Gasteiger partial charge in [0, 0.05) is 11.1 Å². The van der Waals surface area contributed by atoms with Crippen LogP contribution in [0, 0.1) is 0 Å². The third-order valence-electron chi connectivity index (χ3n) is 3.45. The summed E-state index contributed by atoms with van der Waals surface area (Å²) in [5.74, 6) is 1.91. The number of halogens is 1. The van der Waals surface area contributed by atoms with Gasteiger partial charge in [0.25, 0.3) is 0 Å². The summed E-state index contributed by atoms with van der Waals surface area (Å²) in [4.78, 5) is 0. The maximum Gasteiger partial charge on any atom is 0.183 e. The molecule has 1 heterocycles. The first-order valence-corrected chi connectivity index (χ1v) is 6.45. The molecule has 1 fully saturated rings. The molecule has 0 atom stereocenters. The number of nitrogens with two attached hydrogens (primary N) is 1. The molecule has 1 aliphatic carbocycles. The first kappa shape index (κ1) is 11.9. The minimum Gasteiger partial charge on any atom is -0.495 e. The number of ether oxygens (including phenoxy) is 3. The van der Waals surface area contributed by atoms with Crippen LogP contribution in [0.15, 0.2) is 6.07 Å². The summed E-state index contributed by atoms with van der Waals surface area (Å²) in [6, 6.07) is 1.94. The van der Waals surface area contributed by atoms with Gasteiger partial charge in [0.15, 0.2) is 11.5 Å². The minimum atomic E-state index is -0.0969. The van der Waals surface area contributed by atoms with Gasteiger partial charge in [0.1, 0.15) is 24.0 Å². The van der Waals surface area contributed by atoms with E-state index >= 15 is 0 Å². The van der Waals surface area contributed by atoms with E-state index in [0.29, 0.717) is 35.5 Å². The molecule has 0 aromatic heterocycles. The van der Waals surface area contributed by atoms with Gasteiger partial charge in [0.2, 0.25) is 0 Å². The largest absolute Gasteiger partial charge is 0.495 e. The van der Waals surface area contributed by atoms with E-state index in [0.717, 1.165) is 24.8 Å². The van der Waals surface area contributed by atoms with Crippen molar-refractivity contribution < 1.29 is 14.2 Å².